The summed E-state index contributed by atoms with van der Waals surface area (Å²) in [6, 6.07) is 13.8. The molecule has 5 heteroatoms. The summed E-state index contributed by atoms with van der Waals surface area (Å²) in [6.45, 7) is 5.33. The van der Waals surface area contributed by atoms with Crippen LogP contribution in [0.4, 0.5) is 5.69 Å². The molecule has 2 aromatic rings. The lowest BCUT2D eigenvalue weighted by molar-refractivity contribution is -0.121. The maximum atomic E-state index is 11.8. The van der Waals surface area contributed by atoms with Crippen molar-refractivity contribution in [3.8, 4) is 5.75 Å². The third-order valence-corrected chi connectivity index (χ3v) is 4.01. The predicted molar refractivity (Wildman–Crippen MR) is 105 cm³/mol. The number of carbonyl (C=O) groups is 1. The zero-order valence-corrected chi connectivity index (χ0v) is 15.7. The number of halogens is 1. The highest BCUT2D eigenvalue weighted by Crippen LogP contribution is 2.16. The second-order valence-corrected chi connectivity index (χ2v) is 6.04. The van der Waals surface area contributed by atoms with Gasteiger partial charge in [0.25, 0.3) is 0 Å². The molecule has 0 atom stereocenters. The molecule has 2 aromatic carbocycles. The highest BCUT2D eigenvalue weighted by Gasteiger charge is 2.02. The molecule has 25 heavy (non-hydrogen) atoms. The van der Waals surface area contributed by atoms with Gasteiger partial charge in [0.15, 0.2) is 0 Å². The Balaban J connectivity index is 0.00000312. The number of ether oxygens (including phenoxy) is 1. The monoisotopic (exact) mass is 362 g/mol. The summed E-state index contributed by atoms with van der Waals surface area (Å²) >= 11 is 0. The van der Waals surface area contributed by atoms with Gasteiger partial charge in [-0.2, -0.15) is 0 Å². The van der Waals surface area contributed by atoms with Gasteiger partial charge in [0, 0.05) is 18.7 Å². The molecule has 0 aliphatic heterocycles. The van der Waals surface area contributed by atoms with Crippen molar-refractivity contribution in [1.82, 2.24) is 5.32 Å². The van der Waals surface area contributed by atoms with Crippen molar-refractivity contribution in [1.29, 1.82) is 0 Å². The number of rotatable bonds is 8. The zero-order valence-electron chi connectivity index (χ0n) is 14.9. The van der Waals surface area contributed by atoms with E-state index in [1.165, 1.54) is 16.7 Å². The predicted octanol–water partition coefficient (Wildman–Crippen LogP) is 3.83. The van der Waals surface area contributed by atoms with Crippen LogP contribution in [0.3, 0.4) is 0 Å². The van der Waals surface area contributed by atoms with Gasteiger partial charge in [-0.15, -0.1) is 12.4 Å². The number of carbonyl (C=O) groups excluding carboxylic acids is 1. The molecule has 0 saturated heterocycles. The molecular formula is C20H27ClN2O2. The van der Waals surface area contributed by atoms with Gasteiger partial charge in [-0.3, -0.25) is 4.79 Å². The normalized spacial score (nSPS) is 10.0. The van der Waals surface area contributed by atoms with E-state index in [4.69, 9.17) is 10.5 Å². The van der Waals surface area contributed by atoms with E-state index in [1.54, 1.807) is 0 Å². The van der Waals surface area contributed by atoms with Crippen LogP contribution in [0.2, 0.25) is 0 Å². The Morgan fingerprint density at radius 3 is 2.48 bits per heavy atom. The molecular weight excluding hydrogens is 336 g/mol. The number of aryl methyl sites for hydroxylation is 2. The molecule has 0 saturated carbocycles. The summed E-state index contributed by atoms with van der Waals surface area (Å²) in [5.74, 6) is 0.927. The molecule has 0 spiro atoms. The second-order valence-electron chi connectivity index (χ2n) is 6.04. The summed E-state index contributed by atoms with van der Waals surface area (Å²) in [6.07, 6.45) is 2.00. The average molecular weight is 363 g/mol. The Bertz CT molecular complexity index is 672. The van der Waals surface area contributed by atoms with Crippen LogP contribution < -0.4 is 15.8 Å². The molecule has 4 nitrogen and oxygen atoms in total. The second kappa shape index (κ2) is 10.6. The number of hydrogen-bond acceptors (Lipinski definition) is 3. The Morgan fingerprint density at radius 2 is 1.80 bits per heavy atom. The molecule has 0 aliphatic carbocycles. The summed E-state index contributed by atoms with van der Waals surface area (Å²) in [5, 5.41) is 2.94. The van der Waals surface area contributed by atoms with E-state index >= 15 is 0 Å². The minimum absolute atomic E-state index is 0. The van der Waals surface area contributed by atoms with Crippen LogP contribution in [0, 0.1) is 13.8 Å². The average Bonchev–Trinajstić information content (AvgIpc) is 2.56. The molecule has 0 heterocycles. The number of benzene rings is 2. The minimum Gasteiger partial charge on any atom is -0.494 e. The van der Waals surface area contributed by atoms with Gasteiger partial charge in [-0.1, -0.05) is 18.2 Å². The van der Waals surface area contributed by atoms with Crippen LogP contribution in [0.1, 0.15) is 29.5 Å². The Morgan fingerprint density at radius 1 is 1.08 bits per heavy atom. The number of anilines is 1. The van der Waals surface area contributed by atoms with Crippen molar-refractivity contribution in [2.75, 3.05) is 18.9 Å². The van der Waals surface area contributed by atoms with E-state index in [0.29, 0.717) is 26.0 Å². The first-order valence-corrected chi connectivity index (χ1v) is 8.36. The number of amides is 1. The van der Waals surface area contributed by atoms with E-state index in [2.05, 4.69) is 25.2 Å². The summed E-state index contributed by atoms with van der Waals surface area (Å²) in [7, 11) is 0. The summed E-state index contributed by atoms with van der Waals surface area (Å²) < 4.78 is 5.69. The first-order valence-electron chi connectivity index (χ1n) is 8.36. The molecule has 0 radical (unpaired) electrons. The van der Waals surface area contributed by atoms with Crippen molar-refractivity contribution in [2.24, 2.45) is 0 Å². The lowest BCUT2D eigenvalue weighted by Crippen LogP contribution is -2.25. The van der Waals surface area contributed by atoms with Crippen LogP contribution in [-0.2, 0) is 11.2 Å². The van der Waals surface area contributed by atoms with Crippen LogP contribution >= 0.6 is 12.4 Å². The number of nitrogens with two attached hydrogens (primary N) is 1. The van der Waals surface area contributed by atoms with E-state index < -0.39 is 0 Å². The maximum Gasteiger partial charge on any atom is 0.220 e. The van der Waals surface area contributed by atoms with Crippen molar-refractivity contribution in [2.45, 2.75) is 33.1 Å². The van der Waals surface area contributed by atoms with E-state index in [9.17, 15) is 4.79 Å². The van der Waals surface area contributed by atoms with E-state index in [0.717, 1.165) is 17.9 Å². The van der Waals surface area contributed by atoms with Crippen LogP contribution in [-0.4, -0.2) is 19.1 Å². The molecule has 0 aromatic heterocycles. The van der Waals surface area contributed by atoms with Gasteiger partial charge >= 0.3 is 0 Å². The molecule has 0 unspecified atom stereocenters. The van der Waals surface area contributed by atoms with Gasteiger partial charge in [0.2, 0.25) is 5.91 Å². The van der Waals surface area contributed by atoms with E-state index in [1.807, 2.05) is 36.4 Å². The molecule has 0 fully saturated rings. The van der Waals surface area contributed by atoms with Crippen LogP contribution in [0.15, 0.2) is 42.5 Å². The standard InChI is InChI=1S/C20H26N2O2.ClH/c1-15-5-10-19(14-16(15)2)24-13-3-4-20(23)22-12-11-17-6-8-18(21)9-7-17;/h5-10,14H,3-4,11-13,21H2,1-2H3,(H,22,23);1H. The molecule has 0 aliphatic rings. The third kappa shape index (κ3) is 7.48. The third-order valence-electron chi connectivity index (χ3n) is 4.01. The molecule has 2 rings (SSSR count). The maximum absolute atomic E-state index is 11.8. The first-order chi connectivity index (χ1) is 11.5. The fraction of sp³-hybridized carbons (Fsp3) is 0.350. The van der Waals surface area contributed by atoms with Gasteiger partial charge < -0.3 is 15.8 Å². The summed E-state index contributed by atoms with van der Waals surface area (Å²) in [4.78, 5) is 11.8. The van der Waals surface area contributed by atoms with Gasteiger partial charge in [0.05, 0.1) is 6.61 Å². The fourth-order valence-electron chi connectivity index (χ4n) is 2.35. The van der Waals surface area contributed by atoms with Gasteiger partial charge in [-0.05, 0) is 67.6 Å². The molecule has 3 N–H and O–H groups in total. The first kappa shape index (κ1) is 20.8. The van der Waals surface area contributed by atoms with Crippen LogP contribution in [0.5, 0.6) is 5.75 Å². The van der Waals surface area contributed by atoms with Gasteiger partial charge in [-0.25, -0.2) is 0 Å². The Hall–Kier alpha value is -2.20. The number of nitrogen functional groups attached to an aromatic ring is 1. The smallest absolute Gasteiger partial charge is 0.220 e. The Labute approximate surface area is 156 Å². The number of hydrogen-bond donors (Lipinski definition) is 2. The fourth-order valence-corrected chi connectivity index (χ4v) is 2.35. The van der Waals surface area contributed by atoms with Crippen LogP contribution in [0.25, 0.3) is 0 Å². The Kier molecular flexibility index (Phi) is 8.86. The molecule has 0 bridgehead atoms. The van der Waals surface area contributed by atoms with E-state index in [-0.39, 0.29) is 18.3 Å². The highest BCUT2D eigenvalue weighted by atomic mass is 35.5. The highest BCUT2D eigenvalue weighted by molar-refractivity contribution is 5.85. The van der Waals surface area contributed by atoms with Crippen molar-refractivity contribution < 1.29 is 9.53 Å². The topological polar surface area (TPSA) is 64.3 Å². The largest absolute Gasteiger partial charge is 0.494 e. The number of nitrogens with one attached hydrogen (secondary N) is 1. The lowest BCUT2D eigenvalue weighted by Gasteiger charge is -2.09. The summed E-state index contributed by atoms with van der Waals surface area (Å²) in [5.41, 5.74) is 10.0. The minimum atomic E-state index is 0. The SMILES string of the molecule is Cc1ccc(OCCCC(=O)NCCc2ccc(N)cc2)cc1C.Cl. The molecule has 136 valence electrons. The van der Waals surface area contributed by atoms with Crippen molar-refractivity contribution in [3.63, 3.8) is 0 Å². The van der Waals surface area contributed by atoms with Gasteiger partial charge in [0.1, 0.15) is 5.75 Å². The van der Waals surface area contributed by atoms with Crippen molar-refractivity contribution >= 4 is 24.0 Å². The van der Waals surface area contributed by atoms with Crippen molar-refractivity contribution in [3.05, 3.63) is 59.2 Å². The molecule has 1 amide bonds. The quantitative estimate of drug-likeness (QED) is 0.554. The lowest BCUT2D eigenvalue weighted by atomic mass is 10.1. The zero-order chi connectivity index (χ0) is 17.4.